The number of likely N-dealkylation sites (tertiary alicyclic amines) is 1. The second kappa shape index (κ2) is 10.6. The number of amides is 1. The number of carbonyl (C=O) groups excluding carboxylic acids is 1. The number of aromatic amines is 1. The predicted molar refractivity (Wildman–Crippen MR) is 118 cm³/mol. The van der Waals surface area contributed by atoms with Crippen LogP contribution in [-0.2, 0) is 13.0 Å². The molecule has 0 bridgehead atoms. The average Bonchev–Trinajstić information content (AvgIpc) is 3.33. The van der Waals surface area contributed by atoms with E-state index in [1.165, 1.54) is 17.7 Å². The van der Waals surface area contributed by atoms with Gasteiger partial charge in [-0.1, -0.05) is 13.0 Å². The number of rotatable bonds is 5. The molecule has 2 aromatic rings. The minimum atomic E-state index is -0.0712. The number of hydrogen-bond donors (Lipinski definition) is 3. The van der Waals surface area contributed by atoms with Crippen LogP contribution in [0.25, 0.3) is 0 Å². The molecule has 1 unspecified atom stereocenters. The number of aromatic nitrogens is 2. The van der Waals surface area contributed by atoms with Crippen LogP contribution in [0.3, 0.4) is 0 Å². The molecule has 28 heavy (non-hydrogen) atoms. The molecule has 6 nitrogen and oxygen atoms in total. The first-order valence-corrected chi connectivity index (χ1v) is 10.4. The Morgan fingerprint density at radius 3 is 2.89 bits per heavy atom. The van der Waals surface area contributed by atoms with Crippen molar-refractivity contribution >= 4 is 42.1 Å². The topological polar surface area (TPSA) is 73.0 Å². The molecule has 4 rings (SSSR count). The van der Waals surface area contributed by atoms with E-state index in [0.29, 0.717) is 18.8 Å². The summed E-state index contributed by atoms with van der Waals surface area (Å²) < 4.78 is 0. The van der Waals surface area contributed by atoms with Gasteiger partial charge in [0.25, 0.3) is 5.91 Å². The Kier molecular flexibility index (Phi) is 8.77. The van der Waals surface area contributed by atoms with Crippen molar-refractivity contribution in [3.63, 3.8) is 0 Å². The van der Waals surface area contributed by atoms with Crippen molar-refractivity contribution in [3.8, 4) is 0 Å². The number of carbonyl (C=O) groups is 1. The van der Waals surface area contributed by atoms with E-state index in [1.54, 1.807) is 11.3 Å². The van der Waals surface area contributed by atoms with Crippen molar-refractivity contribution in [2.45, 2.75) is 38.8 Å². The van der Waals surface area contributed by atoms with E-state index in [1.807, 2.05) is 0 Å². The van der Waals surface area contributed by atoms with E-state index in [9.17, 15) is 4.79 Å². The lowest BCUT2D eigenvalue weighted by Crippen LogP contribution is -2.42. The van der Waals surface area contributed by atoms with Crippen LogP contribution in [0, 0.1) is 5.92 Å². The normalized spacial score (nSPS) is 18.5. The van der Waals surface area contributed by atoms with Gasteiger partial charge in [0.15, 0.2) is 5.69 Å². The molecular formula is C19H29Cl2N5OS. The maximum absolute atomic E-state index is 12.8. The van der Waals surface area contributed by atoms with E-state index in [0.717, 1.165) is 43.2 Å². The second-order valence-electron chi connectivity index (χ2n) is 7.42. The van der Waals surface area contributed by atoms with Crippen LogP contribution >= 0.6 is 36.2 Å². The SMILES string of the molecule is CC1CCN(C(CNC(=O)c2n[nH]c3c2CNCC3)c2cccs2)CC1.Cl.Cl. The van der Waals surface area contributed by atoms with Crippen molar-refractivity contribution in [2.24, 2.45) is 5.92 Å². The number of nitrogens with zero attached hydrogens (tertiary/aromatic N) is 2. The molecule has 4 heterocycles. The standard InChI is InChI=1S/C19H27N5OS.2ClH/c1-13-5-8-24(9-6-13)16(17-3-2-10-26-17)12-21-19(25)18-14-11-20-7-4-15(14)22-23-18;;/h2-3,10,13,16,20H,4-9,11-12H2,1H3,(H,21,25)(H,22,23);2*1H. The van der Waals surface area contributed by atoms with Gasteiger partial charge in [0.1, 0.15) is 0 Å². The number of halogens is 2. The fourth-order valence-electron chi connectivity index (χ4n) is 3.92. The van der Waals surface area contributed by atoms with Gasteiger partial charge in [-0.3, -0.25) is 14.8 Å². The van der Waals surface area contributed by atoms with Gasteiger partial charge >= 0.3 is 0 Å². The highest BCUT2D eigenvalue weighted by Crippen LogP contribution is 2.29. The van der Waals surface area contributed by atoms with E-state index < -0.39 is 0 Å². The highest BCUT2D eigenvalue weighted by atomic mass is 35.5. The number of nitrogens with one attached hydrogen (secondary N) is 3. The van der Waals surface area contributed by atoms with Gasteiger partial charge < -0.3 is 10.6 Å². The Hall–Kier alpha value is -1.12. The Labute approximate surface area is 182 Å². The lowest BCUT2D eigenvalue weighted by atomic mass is 9.97. The first-order valence-electron chi connectivity index (χ1n) is 9.55. The summed E-state index contributed by atoms with van der Waals surface area (Å²) >= 11 is 1.77. The minimum Gasteiger partial charge on any atom is -0.349 e. The van der Waals surface area contributed by atoms with Gasteiger partial charge in [-0.2, -0.15) is 5.10 Å². The van der Waals surface area contributed by atoms with Gasteiger partial charge in [0.2, 0.25) is 0 Å². The Bertz CT molecular complexity index is 744. The third kappa shape index (κ3) is 5.07. The Balaban J connectivity index is 0.00000140. The lowest BCUT2D eigenvalue weighted by molar-refractivity contribution is 0.0909. The van der Waals surface area contributed by atoms with Gasteiger partial charge in [0.05, 0.1) is 6.04 Å². The van der Waals surface area contributed by atoms with Crippen molar-refractivity contribution in [1.29, 1.82) is 0 Å². The molecule has 2 aliphatic heterocycles. The molecule has 9 heteroatoms. The fraction of sp³-hybridized carbons (Fsp3) is 0.579. The van der Waals surface area contributed by atoms with Gasteiger partial charge in [0, 0.05) is 42.2 Å². The quantitative estimate of drug-likeness (QED) is 0.660. The summed E-state index contributed by atoms with van der Waals surface area (Å²) in [5.41, 5.74) is 2.66. The summed E-state index contributed by atoms with van der Waals surface area (Å²) in [6, 6.07) is 4.52. The zero-order chi connectivity index (χ0) is 17.9. The summed E-state index contributed by atoms with van der Waals surface area (Å²) in [6.07, 6.45) is 3.36. The summed E-state index contributed by atoms with van der Waals surface area (Å²) in [5, 5.41) is 15.9. The molecule has 0 saturated carbocycles. The molecule has 156 valence electrons. The van der Waals surface area contributed by atoms with Crippen LogP contribution < -0.4 is 10.6 Å². The van der Waals surface area contributed by atoms with Crippen LogP contribution in [0.4, 0.5) is 0 Å². The molecule has 1 atom stereocenters. The van der Waals surface area contributed by atoms with Crippen molar-refractivity contribution in [3.05, 3.63) is 39.3 Å². The zero-order valence-corrected chi connectivity index (χ0v) is 18.5. The molecule has 1 fully saturated rings. The fourth-order valence-corrected chi connectivity index (χ4v) is 4.78. The molecule has 2 aromatic heterocycles. The van der Waals surface area contributed by atoms with Crippen LogP contribution in [0.2, 0.25) is 0 Å². The van der Waals surface area contributed by atoms with E-state index in [4.69, 9.17) is 0 Å². The third-order valence-electron chi connectivity index (χ3n) is 5.61. The summed E-state index contributed by atoms with van der Waals surface area (Å²) in [6.45, 7) is 6.80. The van der Waals surface area contributed by atoms with E-state index >= 15 is 0 Å². The van der Waals surface area contributed by atoms with Crippen molar-refractivity contribution in [1.82, 2.24) is 25.7 Å². The smallest absolute Gasteiger partial charge is 0.272 e. The molecule has 0 aliphatic carbocycles. The van der Waals surface area contributed by atoms with E-state index in [-0.39, 0.29) is 36.8 Å². The number of H-pyrrole nitrogens is 1. The Morgan fingerprint density at radius 1 is 1.39 bits per heavy atom. The van der Waals surface area contributed by atoms with Crippen LogP contribution in [0.5, 0.6) is 0 Å². The van der Waals surface area contributed by atoms with Gasteiger partial charge in [-0.05, 0) is 43.3 Å². The number of piperidine rings is 1. The largest absolute Gasteiger partial charge is 0.349 e. The lowest BCUT2D eigenvalue weighted by Gasteiger charge is -2.36. The molecule has 0 radical (unpaired) electrons. The predicted octanol–water partition coefficient (Wildman–Crippen LogP) is 3.16. The van der Waals surface area contributed by atoms with Gasteiger partial charge in [-0.15, -0.1) is 36.2 Å². The number of fused-ring (bicyclic) bond motifs is 1. The van der Waals surface area contributed by atoms with Crippen molar-refractivity contribution < 1.29 is 4.79 Å². The maximum atomic E-state index is 12.8. The first kappa shape index (κ1) is 23.2. The molecule has 3 N–H and O–H groups in total. The van der Waals surface area contributed by atoms with E-state index in [2.05, 4.69) is 50.2 Å². The van der Waals surface area contributed by atoms with Crippen LogP contribution in [0.1, 0.15) is 52.4 Å². The highest BCUT2D eigenvalue weighted by Gasteiger charge is 2.27. The maximum Gasteiger partial charge on any atom is 0.272 e. The molecule has 1 saturated heterocycles. The number of thiophene rings is 1. The summed E-state index contributed by atoms with van der Waals surface area (Å²) in [7, 11) is 0. The number of hydrogen-bond acceptors (Lipinski definition) is 5. The monoisotopic (exact) mass is 445 g/mol. The zero-order valence-electron chi connectivity index (χ0n) is 16.1. The molecule has 2 aliphatic rings. The first-order chi connectivity index (χ1) is 12.7. The van der Waals surface area contributed by atoms with Crippen molar-refractivity contribution in [2.75, 3.05) is 26.2 Å². The van der Waals surface area contributed by atoms with Crippen LogP contribution in [-0.4, -0.2) is 47.2 Å². The Morgan fingerprint density at radius 2 is 2.18 bits per heavy atom. The minimum absolute atomic E-state index is 0. The van der Waals surface area contributed by atoms with Gasteiger partial charge in [-0.25, -0.2) is 0 Å². The third-order valence-corrected chi connectivity index (χ3v) is 6.58. The molecule has 0 spiro atoms. The molecular weight excluding hydrogens is 417 g/mol. The highest BCUT2D eigenvalue weighted by molar-refractivity contribution is 7.10. The summed E-state index contributed by atoms with van der Waals surface area (Å²) in [5.74, 6) is 0.728. The average molecular weight is 446 g/mol. The molecule has 1 amide bonds. The molecule has 0 aromatic carbocycles. The summed E-state index contributed by atoms with van der Waals surface area (Å²) in [4.78, 5) is 16.6. The second-order valence-corrected chi connectivity index (χ2v) is 8.40. The van der Waals surface area contributed by atoms with Crippen LogP contribution in [0.15, 0.2) is 17.5 Å².